The topological polar surface area (TPSA) is 38.3 Å². The number of nitrogens with one attached hydrogen (secondary N) is 1. The lowest BCUT2D eigenvalue weighted by molar-refractivity contribution is 0.0949. The second-order valence-electron chi connectivity index (χ2n) is 3.72. The summed E-state index contributed by atoms with van der Waals surface area (Å²) in [7, 11) is 1.60. The van der Waals surface area contributed by atoms with Crippen molar-refractivity contribution >= 4 is 21.8 Å². The number of alkyl halides is 1. The maximum atomic E-state index is 12.9. The molecule has 0 aliphatic rings. The molecular formula is C12H15BrFNO2. The standard InChI is InChI=1S/C12H15BrFNO2/c1-8-5-10(14)3-4-11(8)12(16)15-6-9(13)7-17-2/h3-5,9H,6-7H2,1-2H3,(H,15,16). The van der Waals surface area contributed by atoms with Crippen LogP contribution in [0.4, 0.5) is 4.39 Å². The third-order valence-corrected chi connectivity index (χ3v) is 2.85. The molecule has 17 heavy (non-hydrogen) atoms. The summed E-state index contributed by atoms with van der Waals surface area (Å²) >= 11 is 3.37. The molecule has 1 N–H and O–H groups in total. The fourth-order valence-electron chi connectivity index (χ4n) is 1.42. The molecule has 1 amide bonds. The van der Waals surface area contributed by atoms with Crippen LogP contribution >= 0.6 is 15.9 Å². The second-order valence-corrected chi connectivity index (χ2v) is 5.02. The van der Waals surface area contributed by atoms with E-state index >= 15 is 0 Å². The van der Waals surface area contributed by atoms with Gasteiger partial charge in [-0.1, -0.05) is 15.9 Å². The van der Waals surface area contributed by atoms with Crippen LogP contribution in [0.3, 0.4) is 0 Å². The van der Waals surface area contributed by atoms with E-state index in [1.54, 1.807) is 14.0 Å². The van der Waals surface area contributed by atoms with Crippen LogP contribution in [-0.4, -0.2) is 31.0 Å². The van der Waals surface area contributed by atoms with Crippen LogP contribution < -0.4 is 5.32 Å². The first-order valence-electron chi connectivity index (χ1n) is 5.22. The molecule has 1 rings (SSSR count). The summed E-state index contributed by atoms with van der Waals surface area (Å²) in [6.07, 6.45) is 0. The quantitative estimate of drug-likeness (QED) is 0.848. The molecular weight excluding hydrogens is 289 g/mol. The number of carbonyl (C=O) groups is 1. The fraction of sp³-hybridized carbons (Fsp3) is 0.417. The predicted octanol–water partition coefficient (Wildman–Crippen LogP) is 2.27. The smallest absolute Gasteiger partial charge is 0.251 e. The minimum Gasteiger partial charge on any atom is -0.383 e. The number of halogens is 2. The Morgan fingerprint density at radius 3 is 2.88 bits per heavy atom. The number of ether oxygens (including phenoxy) is 1. The van der Waals surface area contributed by atoms with Crippen LogP contribution in [0.2, 0.25) is 0 Å². The molecule has 0 radical (unpaired) electrons. The van der Waals surface area contributed by atoms with Gasteiger partial charge in [-0.2, -0.15) is 0 Å². The molecule has 1 atom stereocenters. The maximum absolute atomic E-state index is 12.9. The first kappa shape index (κ1) is 14.1. The lowest BCUT2D eigenvalue weighted by Gasteiger charge is -2.11. The zero-order valence-electron chi connectivity index (χ0n) is 9.80. The number of benzene rings is 1. The van der Waals surface area contributed by atoms with Gasteiger partial charge in [0, 0.05) is 19.2 Å². The molecule has 0 saturated carbocycles. The summed E-state index contributed by atoms with van der Waals surface area (Å²) in [6, 6.07) is 4.11. The molecule has 0 bridgehead atoms. The first-order valence-corrected chi connectivity index (χ1v) is 6.13. The van der Waals surface area contributed by atoms with E-state index in [1.165, 1.54) is 18.2 Å². The van der Waals surface area contributed by atoms with Gasteiger partial charge in [0.1, 0.15) is 5.82 Å². The van der Waals surface area contributed by atoms with Crippen molar-refractivity contribution in [2.75, 3.05) is 20.3 Å². The number of amides is 1. The highest BCUT2D eigenvalue weighted by molar-refractivity contribution is 9.09. The monoisotopic (exact) mass is 303 g/mol. The summed E-state index contributed by atoms with van der Waals surface area (Å²) in [5.74, 6) is -0.542. The van der Waals surface area contributed by atoms with E-state index in [1.807, 2.05) is 0 Å². The third-order valence-electron chi connectivity index (χ3n) is 2.26. The predicted molar refractivity (Wildman–Crippen MR) is 68.1 cm³/mol. The molecule has 3 nitrogen and oxygen atoms in total. The molecule has 0 aliphatic heterocycles. The molecule has 1 aromatic rings. The second kappa shape index (κ2) is 6.71. The molecule has 5 heteroatoms. The lowest BCUT2D eigenvalue weighted by atomic mass is 10.1. The highest BCUT2D eigenvalue weighted by Crippen LogP contribution is 2.10. The highest BCUT2D eigenvalue weighted by Gasteiger charge is 2.11. The molecule has 0 spiro atoms. The van der Waals surface area contributed by atoms with E-state index in [9.17, 15) is 9.18 Å². The van der Waals surface area contributed by atoms with Gasteiger partial charge in [0.2, 0.25) is 0 Å². The van der Waals surface area contributed by atoms with Gasteiger partial charge in [-0.15, -0.1) is 0 Å². The summed E-state index contributed by atoms with van der Waals surface area (Å²) in [6.45, 7) is 2.69. The summed E-state index contributed by atoms with van der Waals surface area (Å²) in [5, 5.41) is 2.76. The van der Waals surface area contributed by atoms with Crippen LogP contribution in [0.1, 0.15) is 15.9 Å². The Labute approximate surface area is 108 Å². The SMILES string of the molecule is COCC(Br)CNC(=O)c1ccc(F)cc1C. The average Bonchev–Trinajstić information content (AvgIpc) is 2.26. The maximum Gasteiger partial charge on any atom is 0.251 e. The molecule has 0 aromatic heterocycles. The molecule has 0 heterocycles. The van der Waals surface area contributed by atoms with Crippen molar-refractivity contribution in [1.82, 2.24) is 5.32 Å². The normalized spacial score (nSPS) is 12.2. The zero-order chi connectivity index (χ0) is 12.8. The molecule has 1 unspecified atom stereocenters. The van der Waals surface area contributed by atoms with Gasteiger partial charge in [0.05, 0.1) is 11.4 Å². The van der Waals surface area contributed by atoms with E-state index in [0.717, 1.165) is 0 Å². The summed E-state index contributed by atoms with van der Waals surface area (Å²) in [5.41, 5.74) is 1.11. The average molecular weight is 304 g/mol. The Morgan fingerprint density at radius 1 is 1.59 bits per heavy atom. The van der Waals surface area contributed by atoms with Crippen molar-refractivity contribution in [2.24, 2.45) is 0 Å². The van der Waals surface area contributed by atoms with Gasteiger partial charge in [-0.3, -0.25) is 4.79 Å². The van der Waals surface area contributed by atoms with Crippen molar-refractivity contribution in [3.8, 4) is 0 Å². The van der Waals surface area contributed by atoms with Gasteiger partial charge >= 0.3 is 0 Å². The van der Waals surface area contributed by atoms with Crippen LogP contribution in [0.25, 0.3) is 0 Å². The fourth-order valence-corrected chi connectivity index (χ4v) is 1.85. The van der Waals surface area contributed by atoms with Gasteiger partial charge in [-0.25, -0.2) is 4.39 Å². The molecule has 1 aromatic carbocycles. The van der Waals surface area contributed by atoms with E-state index in [-0.39, 0.29) is 16.6 Å². The highest BCUT2D eigenvalue weighted by atomic mass is 79.9. The number of rotatable bonds is 5. The van der Waals surface area contributed by atoms with Crippen molar-refractivity contribution in [1.29, 1.82) is 0 Å². The van der Waals surface area contributed by atoms with Crippen LogP contribution in [-0.2, 0) is 4.74 Å². The molecule has 94 valence electrons. The minimum atomic E-state index is -0.336. The Bertz CT molecular complexity index is 398. The molecule has 0 fully saturated rings. The van der Waals surface area contributed by atoms with Crippen LogP contribution in [0.15, 0.2) is 18.2 Å². The Balaban J connectivity index is 2.58. The third kappa shape index (κ3) is 4.44. The molecule has 0 aliphatic carbocycles. The van der Waals surface area contributed by atoms with Gasteiger partial charge in [0.15, 0.2) is 0 Å². The van der Waals surface area contributed by atoms with Crippen molar-refractivity contribution in [2.45, 2.75) is 11.8 Å². The number of carbonyl (C=O) groups excluding carboxylic acids is 1. The van der Waals surface area contributed by atoms with Gasteiger partial charge in [0.25, 0.3) is 5.91 Å². The zero-order valence-corrected chi connectivity index (χ0v) is 11.4. The van der Waals surface area contributed by atoms with E-state index in [0.29, 0.717) is 24.3 Å². The summed E-state index contributed by atoms with van der Waals surface area (Å²) in [4.78, 5) is 11.9. The Morgan fingerprint density at radius 2 is 2.29 bits per heavy atom. The van der Waals surface area contributed by atoms with E-state index in [2.05, 4.69) is 21.2 Å². The van der Waals surface area contributed by atoms with Crippen molar-refractivity contribution < 1.29 is 13.9 Å². The number of aryl methyl sites for hydroxylation is 1. The van der Waals surface area contributed by atoms with E-state index < -0.39 is 0 Å². The number of methoxy groups -OCH3 is 1. The largest absolute Gasteiger partial charge is 0.383 e. The number of hydrogen-bond donors (Lipinski definition) is 1. The number of hydrogen-bond acceptors (Lipinski definition) is 2. The Kier molecular flexibility index (Phi) is 5.58. The lowest BCUT2D eigenvalue weighted by Crippen LogP contribution is -2.31. The van der Waals surface area contributed by atoms with Gasteiger partial charge < -0.3 is 10.1 Å². The van der Waals surface area contributed by atoms with Gasteiger partial charge in [-0.05, 0) is 30.7 Å². The van der Waals surface area contributed by atoms with Crippen molar-refractivity contribution in [3.05, 3.63) is 35.1 Å². The van der Waals surface area contributed by atoms with Crippen molar-refractivity contribution in [3.63, 3.8) is 0 Å². The Hall–Kier alpha value is -0.940. The minimum absolute atomic E-state index is 0.0669. The van der Waals surface area contributed by atoms with Crippen LogP contribution in [0.5, 0.6) is 0 Å². The molecule has 0 saturated heterocycles. The van der Waals surface area contributed by atoms with Crippen LogP contribution in [0, 0.1) is 12.7 Å². The summed E-state index contributed by atoms with van der Waals surface area (Å²) < 4.78 is 17.8. The van der Waals surface area contributed by atoms with E-state index in [4.69, 9.17) is 4.74 Å². The first-order chi connectivity index (χ1) is 8.04.